The Kier molecular flexibility index (Phi) is 5.25. The second-order valence-corrected chi connectivity index (χ2v) is 6.30. The van der Waals surface area contributed by atoms with Crippen LogP contribution in [0.15, 0.2) is 12.8 Å². The first-order chi connectivity index (χ1) is 9.10. The summed E-state index contributed by atoms with van der Waals surface area (Å²) in [4.78, 5) is 2.43. The summed E-state index contributed by atoms with van der Waals surface area (Å²) in [6.45, 7) is 11.3. The Morgan fingerprint density at radius 3 is 2.95 bits per heavy atom. The van der Waals surface area contributed by atoms with Crippen molar-refractivity contribution in [2.24, 2.45) is 5.92 Å². The van der Waals surface area contributed by atoms with Gasteiger partial charge in [0.1, 0.15) is 0 Å². The van der Waals surface area contributed by atoms with Gasteiger partial charge in [0, 0.05) is 31.2 Å². The average molecular weight is 267 g/mol. The number of β-amino-alcohol motifs (C(OH)–C–C–N with tert-alkyl or cyclic N) is 1. The number of aliphatic hydroxyl groups excluding tert-OH is 1. The molecule has 0 radical (unpaired) electrons. The van der Waals surface area contributed by atoms with Crippen LogP contribution in [0.25, 0.3) is 0 Å². The molecular weight excluding hydrogens is 238 g/mol. The lowest BCUT2D eigenvalue weighted by atomic mass is 9.95. The Balaban J connectivity index is 1.73. The zero-order valence-corrected chi connectivity index (χ0v) is 12.3. The fourth-order valence-corrected chi connectivity index (χ4v) is 3.51. The van der Waals surface area contributed by atoms with E-state index in [0.29, 0.717) is 18.1 Å². The van der Waals surface area contributed by atoms with Crippen molar-refractivity contribution in [3.05, 3.63) is 12.8 Å². The molecule has 0 aromatic heterocycles. The zero-order chi connectivity index (χ0) is 13.8. The molecule has 0 saturated carbocycles. The van der Waals surface area contributed by atoms with Crippen molar-refractivity contribution in [2.45, 2.75) is 57.3 Å². The van der Waals surface area contributed by atoms with E-state index in [4.69, 9.17) is 0 Å². The molecule has 2 saturated heterocycles. The highest BCUT2D eigenvalue weighted by Crippen LogP contribution is 2.24. The summed E-state index contributed by atoms with van der Waals surface area (Å²) in [7, 11) is 0. The fraction of sp³-hybridized carbons (Fsp3) is 0.867. The van der Waals surface area contributed by atoms with Crippen molar-refractivity contribution in [1.29, 1.82) is 0 Å². The van der Waals surface area contributed by atoms with Crippen molar-refractivity contribution in [3.63, 3.8) is 0 Å². The third-order valence-electron chi connectivity index (χ3n) is 4.73. The number of hydrogen-bond acceptors (Lipinski definition) is 4. The van der Waals surface area contributed by atoms with Gasteiger partial charge < -0.3 is 15.7 Å². The van der Waals surface area contributed by atoms with Crippen LogP contribution >= 0.6 is 0 Å². The number of rotatable bonds is 6. The summed E-state index contributed by atoms with van der Waals surface area (Å²) in [6, 6.07) is 1.59. The van der Waals surface area contributed by atoms with Crippen molar-refractivity contribution in [3.8, 4) is 0 Å². The van der Waals surface area contributed by atoms with Crippen molar-refractivity contribution in [2.75, 3.05) is 19.6 Å². The number of nitrogens with one attached hydrogen (secondary N) is 2. The molecule has 5 atom stereocenters. The normalized spacial score (nSPS) is 35.2. The number of aliphatic hydroxyl groups is 1. The van der Waals surface area contributed by atoms with E-state index in [9.17, 15) is 5.11 Å². The number of nitrogens with zero attached hydrogens (tertiary/aromatic N) is 1. The molecule has 2 fully saturated rings. The monoisotopic (exact) mass is 267 g/mol. The van der Waals surface area contributed by atoms with Crippen LogP contribution < -0.4 is 10.6 Å². The Morgan fingerprint density at radius 1 is 1.53 bits per heavy atom. The van der Waals surface area contributed by atoms with Gasteiger partial charge in [0.2, 0.25) is 0 Å². The summed E-state index contributed by atoms with van der Waals surface area (Å²) < 4.78 is 0. The molecule has 2 rings (SSSR count). The van der Waals surface area contributed by atoms with Crippen molar-refractivity contribution < 1.29 is 5.11 Å². The maximum absolute atomic E-state index is 9.61. The van der Waals surface area contributed by atoms with Crippen LogP contribution in [0, 0.1) is 5.92 Å². The highest BCUT2D eigenvalue weighted by atomic mass is 16.3. The minimum Gasteiger partial charge on any atom is -0.392 e. The molecule has 0 aliphatic carbocycles. The van der Waals surface area contributed by atoms with Gasteiger partial charge in [0.15, 0.2) is 0 Å². The van der Waals surface area contributed by atoms with Gasteiger partial charge in [0.05, 0.1) is 6.10 Å². The minimum absolute atomic E-state index is 0.103. The maximum Gasteiger partial charge on any atom is 0.0679 e. The van der Waals surface area contributed by atoms with Gasteiger partial charge in [-0.05, 0) is 51.8 Å². The third kappa shape index (κ3) is 3.94. The summed E-state index contributed by atoms with van der Waals surface area (Å²) in [6.07, 6.45) is 5.10. The smallest absolute Gasteiger partial charge is 0.0679 e. The van der Waals surface area contributed by atoms with Gasteiger partial charge in [-0.3, -0.25) is 4.90 Å². The van der Waals surface area contributed by atoms with Crippen LogP contribution in [-0.2, 0) is 0 Å². The SMILES string of the molecule is C=CNC(C)C1CC(CC(C)N2CCC(O)C2)CN1. The van der Waals surface area contributed by atoms with E-state index in [1.54, 1.807) is 6.20 Å². The topological polar surface area (TPSA) is 47.5 Å². The minimum atomic E-state index is -0.103. The molecule has 5 unspecified atom stereocenters. The Morgan fingerprint density at radius 2 is 2.32 bits per heavy atom. The molecule has 4 heteroatoms. The zero-order valence-electron chi connectivity index (χ0n) is 12.3. The van der Waals surface area contributed by atoms with Gasteiger partial charge in [0.25, 0.3) is 0 Å². The van der Waals surface area contributed by atoms with E-state index in [-0.39, 0.29) is 6.10 Å². The first-order valence-corrected chi connectivity index (χ1v) is 7.62. The number of likely N-dealkylation sites (tertiary alicyclic amines) is 1. The summed E-state index contributed by atoms with van der Waals surface area (Å²) in [5.41, 5.74) is 0. The van der Waals surface area contributed by atoms with E-state index in [0.717, 1.165) is 32.0 Å². The van der Waals surface area contributed by atoms with E-state index in [1.165, 1.54) is 12.8 Å². The lowest BCUT2D eigenvalue weighted by Crippen LogP contribution is -2.40. The second kappa shape index (κ2) is 6.73. The molecule has 0 amide bonds. The van der Waals surface area contributed by atoms with E-state index in [1.807, 2.05) is 0 Å². The summed E-state index contributed by atoms with van der Waals surface area (Å²) in [5, 5.41) is 16.5. The van der Waals surface area contributed by atoms with Gasteiger partial charge in [-0.25, -0.2) is 0 Å². The molecular formula is C15H29N3O. The van der Waals surface area contributed by atoms with Gasteiger partial charge in [-0.1, -0.05) is 6.58 Å². The maximum atomic E-state index is 9.61. The standard InChI is InChI=1S/C15H29N3O/c1-4-16-12(3)15-8-13(9-17-15)7-11(2)18-6-5-14(19)10-18/h4,11-17,19H,1,5-10H2,2-3H3. The highest BCUT2D eigenvalue weighted by Gasteiger charge is 2.31. The molecule has 2 aliphatic rings. The molecule has 110 valence electrons. The van der Waals surface area contributed by atoms with Gasteiger partial charge >= 0.3 is 0 Å². The molecule has 0 aromatic carbocycles. The average Bonchev–Trinajstić information content (AvgIpc) is 2.98. The molecule has 19 heavy (non-hydrogen) atoms. The molecule has 0 spiro atoms. The van der Waals surface area contributed by atoms with Gasteiger partial charge in [-0.15, -0.1) is 0 Å². The first kappa shape index (κ1) is 14.8. The largest absolute Gasteiger partial charge is 0.392 e. The molecule has 0 aromatic rings. The lowest BCUT2D eigenvalue weighted by Gasteiger charge is -2.26. The van der Waals surface area contributed by atoms with Crippen LogP contribution in [0.1, 0.15) is 33.1 Å². The Bertz CT molecular complexity index is 297. The highest BCUT2D eigenvalue weighted by molar-refractivity contribution is 4.91. The summed E-state index contributed by atoms with van der Waals surface area (Å²) >= 11 is 0. The molecule has 2 heterocycles. The van der Waals surface area contributed by atoms with Crippen molar-refractivity contribution in [1.82, 2.24) is 15.5 Å². The molecule has 2 aliphatic heterocycles. The predicted octanol–water partition coefficient (Wildman–Crippen LogP) is 0.931. The Labute approximate surface area is 117 Å². The molecule has 0 bridgehead atoms. The molecule has 4 nitrogen and oxygen atoms in total. The number of hydrogen-bond donors (Lipinski definition) is 3. The van der Waals surface area contributed by atoms with E-state index < -0.39 is 0 Å². The fourth-order valence-electron chi connectivity index (χ4n) is 3.51. The second-order valence-electron chi connectivity index (χ2n) is 6.30. The van der Waals surface area contributed by atoms with E-state index in [2.05, 4.69) is 36.0 Å². The van der Waals surface area contributed by atoms with Crippen LogP contribution in [-0.4, -0.2) is 53.9 Å². The van der Waals surface area contributed by atoms with Crippen LogP contribution in [0.2, 0.25) is 0 Å². The molecule has 3 N–H and O–H groups in total. The van der Waals surface area contributed by atoms with Crippen LogP contribution in [0.3, 0.4) is 0 Å². The van der Waals surface area contributed by atoms with E-state index >= 15 is 0 Å². The van der Waals surface area contributed by atoms with Crippen LogP contribution in [0.4, 0.5) is 0 Å². The summed E-state index contributed by atoms with van der Waals surface area (Å²) in [5.74, 6) is 0.756. The van der Waals surface area contributed by atoms with Gasteiger partial charge in [-0.2, -0.15) is 0 Å². The predicted molar refractivity (Wildman–Crippen MR) is 79.0 cm³/mol. The quantitative estimate of drug-likeness (QED) is 0.670. The van der Waals surface area contributed by atoms with Crippen molar-refractivity contribution >= 4 is 0 Å². The lowest BCUT2D eigenvalue weighted by molar-refractivity contribution is 0.154. The Hall–Kier alpha value is -0.580. The first-order valence-electron chi connectivity index (χ1n) is 7.62. The van der Waals surface area contributed by atoms with Crippen LogP contribution in [0.5, 0.6) is 0 Å². The third-order valence-corrected chi connectivity index (χ3v) is 4.73.